The van der Waals surface area contributed by atoms with Crippen molar-refractivity contribution in [3.8, 4) is 0 Å². The Kier molecular flexibility index (Phi) is 5.50. The molecule has 80 valence electrons. The standard InChI is InChI=1S/C10H16INO2/c1-8(2)13-6-5-12-7-9-3-4-10(11)14-9/h3-4,8,12H,5-7H2,1-2H3. The predicted molar refractivity (Wildman–Crippen MR) is 64.2 cm³/mol. The molecule has 0 aliphatic heterocycles. The molecule has 1 rings (SSSR count). The van der Waals surface area contributed by atoms with Crippen molar-refractivity contribution in [2.24, 2.45) is 0 Å². The molecule has 0 spiro atoms. The van der Waals surface area contributed by atoms with Crippen LogP contribution in [0.5, 0.6) is 0 Å². The summed E-state index contributed by atoms with van der Waals surface area (Å²) in [7, 11) is 0. The van der Waals surface area contributed by atoms with Crippen molar-refractivity contribution in [3.05, 3.63) is 21.7 Å². The Balaban J connectivity index is 2.04. The lowest BCUT2D eigenvalue weighted by Gasteiger charge is -2.07. The Hall–Kier alpha value is -0.0700. The lowest BCUT2D eigenvalue weighted by atomic mass is 10.4. The molecule has 3 nitrogen and oxygen atoms in total. The van der Waals surface area contributed by atoms with Crippen molar-refractivity contribution in [2.45, 2.75) is 26.5 Å². The van der Waals surface area contributed by atoms with Gasteiger partial charge in [-0.25, -0.2) is 0 Å². The molecule has 1 aromatic heterocycles. The average Bonchev–Trinajstić information content (AvgIpc) is 2.50. The first-order valence-corrected chi connectivity index (χ1v) is 5.83. The molecule has 1 aromatic rings. The molecule has 0 saturated carbocycles. The number of ether oxygens (including phenoxy) is 1. The number of halogens is 1. The third kappa shape index (κ3) is 4.97. The van der Waals surface area contributed by atoms with E-state index < -0.39 is 0 Å². The zero-order valence-electron chi connectivity index (χ0n) is 8.55. The van der Waals surface area contributed by atoms with Gasteiger partial charge in [0.25, 0.3) is 0 Å². The molecule has 0 bridgehead atoms. The number of furan rings is 1. The van der Waals surface area contributed by atoms with Gasteiger partial charge < -0.3 is 14.5 Å². The maximum Gasteiger partial charge on any atom is 0.164 e. The van der Waals surface area contributed by atoms with Crippen LogP contribution >= 0.6 is 22.6 Å². The van der Waals surface area contributed by atoms with Gasteiger partial charge in [0.15, 0.2) is 3.77 Å². The fourth-order valence-electron chi connectivity index (χ4n) is 1.03. The van der Waals surface area contributed by atoms with E-state index in [0.29, 0.717) is 6.10 Å². The second kappa shape index (κ2) is 6.42. The van der Waals surface area contributed by atoms with Gasteiger partial charge in [-0.1, -0.05) is 0 Å². The van der Waals surface area contributed by atoms with Gasteiger partial charge in [0.2, 0.25) is 0 Å². The van der Waals surface area contributed by atoms with Crippen molar-refractivity contribution in [2.75, 3.05) is 13.2 Å². The summed E-state index contributed by atoms with van der Waals surface area (Å²) >= 11 is 2.16. The maximum atomic E-state index is 5.39. The molecule has 0 saturated heterocycles. The van der Waals surface area contributed by atoms with Crippen LogP contribution in [0.2, 0.25) is 0 Å². The van der Waals surface area contributed by atoms with Crippen molar-refractivity contribution < 1.29 is 9.15 Å². The van der Waals surface area contributed by atoms with Crippen molar-refractivity contribution in [1.29, 1.82) is 0 Å². The molecule has 1 N–H and O–H groups in total. The number of nitrogens with one attached hydrogen (secondary N) is 1. The summed E-state index contributed by atoms with van der Waals surface area (Å²) in [6.07, 6.45) is 0.307. The molecule has 0 radical (unpaired) electrons. The van der Waals surface area contributed by atoms with Crippen LogP contribution in [0.4, 0.5) is 0 Å². The molecule has 0 atom stereocenters. The maximum absolute atomic E-state index is 5.39. The highest BCUT2D eigenvalue weighted by atomic mass is 127. The van der Waals surface area contributed by atoms with Gasteiger partial charge in [0, 0.05) is 6.54 Å². The molecule has 1 heterocycles. The molecule has 0 aromatic carbocycles. The molecular weight excluding hydrogens is 293 g/mol. The first kappa shape index (κ1) is 12.0. The molecule has 14 heavy (non-hydrogen) atoms. The highest BCUT2D eigenvalue weighted by Gasteiger charge is 1.98. The van der Waals surface area contributed by atoms with Crippen LogP contribution in [-0.2, 0) is 11.3 Å². The fourth-order valence-corrected chi connectivity index (χ4v) is 1.49. The highest BCUT2D eigenvalue weighted by molar-refractivity contribution is 14.1. The largest absolute Gasteiger partial charge is 0.454 e. The first-order chi connectivity index (χ1) is 6.68. The van der Waals surface area contributed by atoms with Gasteiger partial charge in [0.05, 0.1) is 19.3 Å². The minimum Gasteiger partial charge on any atom is -0.454 e. The molecule has 0 aliphatic rings. The predicted octanol–water partition coefficient (Wildman–Crippen LogP) is 2.40. The number of hydrogen-bond donors (Lipinski definition) is 1. The number of rotatable bonds is 6. The van der Waals surface area contributed by atoms with Gasteiger partial charge in [-0.2, -0.15) is 0 Å². The molecule has 0 amide bonds. The zero-order valence-corrected chi connectivity index (χ0v) is 10.7. The summed E-state index contributed by atoms with van der Waals surface area (Å²) in [5.41, 5.74) is 0. The third-order valence-electron chi connectivity index (χ3n) is 1.66. The minimum atomic E-state index is 0.307. The SMILES string of the molecule is CC(C)OCCNCc1ccc(I)o1. The Morgan fingerprint density at radius 2 is 2.29 bits per heavy atom. The van der Waals surface area contributed by atoms with E-state index in [0.717, 1.165) is 29.2 Å². The van der Waals surface area contributed by atoms with Gasteiger partial charge in [-0.15, -0.1) is 0 Å². The van der Waals surface area contributed by atoms with Crippen molar-refractivity contribution in [1.82, 2.24) is 5.32 Å². The summed E-state index contributed by atoms with van der Waals surface area (Å²) < 4.78 is 11.7. The first-order valence-electron chi connectivity index (χ1n) is 4.75. The van der Waals surface area contributed by atoms with Crippen LogP contribution in [0.25, 0.3) is 0 Å². The normalized spacial score (nSPS) is 11.1. The summed E-state index contributed by atoms with van der Waals surface area (Å²) in [4.78, 5) is 0. The Morgan fingerprint density at radius 3 is 2.86 bits per heavy atom. The topological polar surface area (TPSA) is 34.4 Å². The molecule has 0 fully saturated rings. The summed E-state index contributed by atoms with van der Waals surface area (Å²) in [5, 5.41) is 3.25. The van der Waals surface area contributed by atoms with E-state index in [1.165, 1.54) is 0 Å². The quantitative estimate of drug-likeness (QED) is 0.647. The second-order valence-corrected chi connectivity index (χ2v) is 4.37. The van der Waals surface area contributed by atoms with E-state index in [9.17, 15) is 0 Å². The van der Waals surface area contributed by atoms with Crippen molar-refractivity contribution in [3.63, 3.8) is 0 Å². The molecule has 0 unspecified atom stereocenters. The average molecular weight is 309 g/mol. The van der Waals surface area contributed by atoms with Crippen LogP contribution in [0.15, 0.2) is 16.5 Å². The van der Waals surface area contributed by atoms with Crippen LogP contribution < -0.4 is 5.32 Å². The molecular formula is C10H16INO2. The van der Waals surface area contributed by atoms with Gasteiger partial charge in [-0.3, -0.25) is 0 Å². The third-order valence-corrected chi connectivity index (χ3v) is 2.24. The molecule has 0 aliphatic carbocycles. The smallest absolute Gasteiger partial charge is 0.164 e. The fraction of sp³-hybridized carbons (Fsp3) is 0.600. The van der Waals surface area contributed by atoms with Gasteiger partial charge in [0.1, 0.15) is 5.76 Å². The van der Waals surface area contributed by atoms with Crippen LogP contribution in [0, 0.1) is 3.77 Å². The minimum absolute atomic E-state index is 0.307. The van der Waals surface area contributed by atoms with Crippen LogP contribution in [-0.4, -0.2) is 19.3 Å². The summed E-state index contributed by atoms with van der Waals surface area (Å²) in [6, 6.07) is 3.94. The highest BCUT2D eigenvalue weighted by Crippen LogP contribution is 2.09. The van der Waals surface area contributed by atoms with E-state index in [4.69, 9.17) is 9.15 Å². The van der Waals surface area contributed by atoms with E-state index in [-0.39, 0.29) is 0 Å². The van der Waals surface area contributed by atoms with E-state index >= 15 is 0 Å². The van der Waals surface area contributed by atoms with Crippen LogP contribution in [0.3, 0.4) is 0 Å². The molecule has 4 heteroatoms. The Morgan fingerprint density at radius 1 is 1.50 bits per heavy atom. The van der Waals surface area contributed by atoms with E-state index in [1.54, 1.807) is 0 Å². The van der Waals surface area contributed by atoms with Crippen LogP contribution in [0.1, 0.15) is 19.6 Å². The Labute approximate surface area is 98.3 Å². The monoisotopic (exact) mass is 309 g/mol. The lowest BCUT2D eigenvalue weighted by molar-refractivity contribution is 0.0805. The van der Waals surface area contributed by atoms with E-state index in [2.05, 4.69) is 27.9 Å². The number of hydrogen-bond acceptors (Lipinski definition) is 3. The second-order valence-electron chi connectivity index (χ2n) is 3.30. The summed E-state index contributed by atoms with van der Waals surface area (Å²) in [6.45, 7) is 6.44. The van der Waals surface area contributed by atoms with Crippen molar-refractivity contribution >= 4 is 22.6 Å². The lowest BCUT2D eigenvalue weighted by Crippen LogP contribution is -2.20. The van der Waals surface area contributed by atoms with Gasteiger partial charge in [-0.05, 0) is 48.6 Å². The van der Waals surface area contributed by atoms with Gasteiger partial charge >= 0.3 is 0 Å². The Bertz CT molecular complexity index is 260. The zero-order chi connectivity index (χ0) is 10.4. The van der Waals surface area contributed by atoms with E-state index in [1.807, 2.05) is 26.0 Å². The summed E-state index contributed by atoms with van der Waals surface area (Å²) in [5.74, 6) is 0.971.